The minimum atomic E-state index is -0.133. The van der Waals surface area contributed by atoms with Crippen LogP contribution in [0.3, 0.4) is 0 Å². The molecule has 1 aromatic heterocycles. The molecule has 0 radical (unpaired) electrons. The Kier molecular flexibility index (Phi) is 5.37. The Labute approximate surface area is 168 Å². The predicted octanol–water partition coefficient (Wildman–Crippen LogP) is 3.51. The van der Waals surface area contributed by atoms with Crippen LogP contribution in [0.5, 0.6) is 0 Å². The molecule has 1 aromatic carbocycles. The molecule has 28 heavy (non-hydrogen) atoms. The summed E-state index contributed by atoms with van der Waals surface area (Å²) in [6.07, 6.45) is 3.81. The highest BCUT2D eigenvalue weighted by atomic mass is 32.2. The summed E-state index contributed by atoms with van der Waals surface area (Å²) in [4.78, 5) is 32.7. The fraction of sp³-hybridized carbons (Fsp3) is 0.381. The van der Waals surface area contributed by atoms with E-state index in [-0.39, 0.29) is 24.0 Å². The number of rotatable bonds is 4. The van der Waals surface area contributed by atoms with Crippen molar-refractivity contribution in [2.45, 2.75) is 48.8 Å². The van der Waals surface area contributed by atoms with Crippen LogP contribution in [0, 0.1) is 0 Å². The largest absolute Gasteiger partial charge is 0.376 e. The van der Waals surface area contributed by atoms with E-state index < -0.39 is 0 Å². The lowest BCUT2D eigenvalue weighted by atomic mass is 10.1. The zero-order valence-corrected chi connectivity index (χ0v) is 16.8. The number of anilines is 1. The summed E-state index contributed by atoms with van der Waals surface area (Å²) in [6, 6.07) is 9.03. The summed E-state index contributed by atoms with van der Waals surface area (Å²) in [5.74, 6) is -0.202. The fourth-order valence-corrected chi connectivity index (χ4v) is 4.58. The molecule has 1 fully saturated rings. The Hall–Kier alpha value is -2.38. The number of aromatic nitrogens is 1. The molecule has 2 amide bonds. The van der Waals surface area contributed by atoms with E-state index in [0.717, 1.165) is 30.0 Å². The van der Waals surface area contributed by atoms with Gasteiger partial charge in [0.2, 0.25) is 0 Å². The number of fused-ring (bicyclic) bond motifs is 2. The van der Waals surface area contributed by atoms with Gasteiger partial charge in [0, 0.05) is 35.8 Å². The molecule has 0 saturated carbocycles. The molecule has 0 spiro atoms. The zero-order valence-electron chi connectivity index (χ0n) is 16.0. The number of nitrogens with one attached hydrogen (secondary N) is 1. The number of carbonyl (C=O) groups is 2. The van der Waals surface area contributed by atoms with E-state index in [0.29, 0.717) is 22.7 Å². The molecule has 7 heteroatoms. The van der Waals surface area contributed by atoms with Crippen LogP contribution in [0.1, 0.15) is 47.4 Å². The first-order valence-corrected chi connectivity index (χ1v) is 10.4. The first kappa shape index (κ1) is 19.0. The highest BCUT2D eigenvalue weighted by Gasteiger charge is 2.30. The molecule has 2 aliphatic heterocycles. The molecule has 1 atom stereocenters. The highest BCUT2D eigenvalue weighted by molar-refractivity contribution is 7.99. The third kappa shape index (κ3) is 3.64. The second kappa shape index (κ2) is 7.93. The lowest BCUT2D eigenvalue weighted by Gasteiger charge is -2.27. The van der Waals surface area contributed by atoms with Gasteiger partial charge >= 0.3 is 0 Å². The van der Waals surface area contributed by atoms with Crippen LogP contribution in [0.25, 0.3) is 0 Å². The summed E-state index contributed by atoms with van der Waals surface area (Å²) in [6.45, 7) is 5.25. The first-order valence-electron chi connectivity index (χ1n) is 9.55. The smallest absolute Gasteiger partial charge is 0.261 e. The van der Waals surface area contributed by atoms with E-state index in [1.807, 2.05) is 26.0 Å². The van der Waals surface area contributed by atoms with Gasteiger partial charge in [-0.1, -0.05) is 11.8 Å². The van der Waals surface area contributed by atoms with Gasteiger partial charge in [-0.2, -0.15) is 0 Å². The van der Waals surface area contributed by atoms with E-state index in [1.165, 1.54) is 11.8 Å². The van der Waals surface area contributed by atoms with Gasteiger partial charge in [-0.3, -0.25) is 9.59 Å². The van der Waals surface area contributed by atoms with Crippen LogP contribution in [0.4, 0.5) is 5.69 Å². The Morgan fingerprint density at radius 3 is 3.00 bits per heavy atom. The molecule has 4 rings (SSSR count). The van der Waals surface area contributed by atoms with Crippen LogP contribution in [-0.2, 0) is 4.74 Å². The average Bonchev–Trinajstić information content (AvgIpc) is 3.17. The third-order valence-electron chi connectivity index (χ3n) is 4.94. The molecule has 2 aliphatic rings. The van der Waals surface area contributed by atoms with E-state index in [9.17, 15) is 9.59 Å². The standard InChI is InChI=1S/C21H23N3O3S/c1-13(2)24-17-8-7-14(19(25)23-12-15-5-4-10-27-15)11-18(17)28-20-16(21(24)26)6-3-9-22-20/h3,6-9,11,13,15H,4-5,10,12H2,1-2H3,(H,23,25)/t15-/m1/s1. The molecular weight excluding hydrogens is 374 g/mol. The maximum absolute atomic E-state index is 13.1. The number of carbonyl (C=O) groups excluding carboxylic acids is 2. The van der Waals surface area contributed by atoms with E-state index >= 15 is 0 Å². The van der Waals surface area contributed by atoms with E-state index in [2.05, 4.69) is 10.3 Å². The van der Waals surface area contributed by atoms with Gasteiger partial charge in [-0.05, 0) is 57.0 Å². The Bertz CT molecular complexity index is 910. The van der Waals surface area contributed by atoms with Crippen LogP contribution >= 0.6 is 11.8 Å². The van der Waals surface area contributed by atoms with Gasteiger partial charge in [0.05, 0.1) is 17.4 Å². The normalized spacial score (nSPS) is 18.6. The topological polar surface area (TPSA) is 71.5 Å². The van der Waals surface area contributed by atoms with Gasteiger partial charge in [0.15, 0.2) is 0 Å². The predicted molar refractivity (Wildman–Crippen MR) is 108 cm³/mol. The maximum atomic E-state index is 13.1. The van der Waals surface area contributed by atoms with Crippen molar-refractivity contribution in [1.82, 2.24) is 10.3 Å². The first-order chi connectivity index (χ1) is 13.5. The SMILES string of the molecule is CC(C)N1C(=O)c2cccnc2Sc2cc(C(=O)NC[C@H]3CCCO3)ccc21. The molecule has 6 nitrogen and oxygen atoms in total. The van der Waals surface area contributed by atoms with Crippen molar-refractivity contribution in [3.05, 3.63) is 47.7 Å². The number of ether oxygens (including phenoxy) is 1. The number of benzene rings is 1. The summed E-state index contributed by atoms with van der Waals surface area (Å²) in [5.41, 5.74) is 1.96. The van der Waals surface area contributed by atoms with Crippen molar-refractivity contribution in [2.24, 2.45) is 0 Å². The van der Waals surface area contributed by atoms with Crippen LogP contribution in [-0.4, -0.2) is 42.1 Å². The van der Waals surface area contributed by atoms with Crippen LogP contribution in [0.15, 0.2) is 46.5 Å². The molecule has 1 saturated heterocycles. The van der Waals surface area contributed by atoms with Gasteiger partial charge in [0.25, 0.3) is 11.8 Å². The van der Waals surface area contributed by atoms with Crippen molar-refractivity contribution >= 4 is 29.3 Å². The summed E-state index contributed by atoms with van der Waals surface area (Å²) in [5, 5.41) is 3.62. The quantitative estimate of drug-likeness (QED) is 0.855. The monoisotopic (exact) mass is 397 g/mol. The molecule has 0 unspecified atom stereocenters. The Morgan fingerprint density at radius 1 is 1.39 bits per heavy atom. The lowest BCUT2D eigenvalue weighted by Crippen LogP contribution is -2.37. The highest BCUT2D eigenvalue weighted by Crippen LogP contribution is 2.41. The van der Waals surface area contributed by atoms with Gasteiger partial charge < -0.3 is 15.0 Å². The molecule has 2 aromatic rings. The van der Waals surface area contributed by atoms with Gasteiger partial charge in [-0.25, -0.2) is 4.98 Å². The number of nitrogens with zero attached hydrogens (tertiary/aromatic N) is 2. The molecule has 0 aliphatic carbocycles. The Morgan fingerprint density at radius 2 is 2.25 bits per heavy atom. The Balaban J connectivity index is 1.64. The molecular formula is C21H23N3O3S. The van der Waals surface area contributed by atoms with Gasteiger partial charge in [-0.15, -0.1) is 0 Å². The number of hydrogen-bond acceptors (Lipinski definition) is 5. The molecule has 3 heterocycles. The zero-order chi connectivity index (χ0) is 19.7. The second-order valence-corrected chi connectivity index (χ2v) is 8.29. The molecule has 1 N–H and O–H groups in total. The van der Waals surface area contributed by atoms with Crippen molar-refractivity contribution in [3.8, 4) is 0 Å². The third-order valence-corrected chi connectivity index (χ3v) is 6.00. The van der Waals surface area contributed by atoms with Crippen molar-refractivity contribution in [3.63, 3.8) is 0 Å². The van der Waals surface area contributed by atoms with Crippen molar-refractivity contribution in [2.75, 3.05) is 18.1 Å². The molecule has 0 bridgehead atoms. The number of amides is 2. The molecule has 146 valence electrons. The van der Waals surface area contributed by atoms with E-state index in [1.54, 1.807) is 29.3 Å². The fourth-order valence-electron chi connectivity index (χ4n) is 3.54. The summed E-state index contributed by atoms with van der Waals surface area (Å²) in [7, 11) is 0. The van der Waals surface area contributed by atoms with E-state index in [4.69, 9.17) is 4.74 Å². The van der Waals surface area contributed by atoms with Crippen molar-refractivity contribution in [1.29, 1.82) is 0 Å². The van der Waals surface area contributed by atoms with Crippen molar-refractivity contribution < 1.29 is 14.3 Å². The second-order valence-electron chi connectivity index (χ2n) is 7.25. The minimum absolute atomic E-state index is 0.0165. The summed E-state index contributed by atoms with van der Waals surface area (Å²) < 4.78 is 5.57. The average molecular weight is 398 g/mol. The summed E-state index contributed by atoms with van der Waals surface area (Å²) >= 11 is 1.42. The van der Waals surface area contributed by atoms with Gasteiger partial charge in [0.1, 0.15) is 5.03 Å². The number of pyridine rings is 1. The van der Waals surface area contributed by atoms with Crippen LogP contribution < -0.4 is 10.2 Å². The maximum Gasteiger partial charge on any atom is 0.261 e. The minimum Gasteiger partial charge on any atom is -0.376 e. The lowest BCUT2D eigenvalue weighted by molar-refractivity contribution is 0.0857. The number of hydrogen-bond donors (Lipinski definition) is 1. The van der Waals surface area contributed by atoms with Crippen LogP contribution in [0.2, 0.25) is 0 Å².